The Hall–Kier alpha value is -2.44. The van der Waals surface area contributed by atoms with E-state index in [2.05, 4.69) is 0 Å². The summed E-state index contributed by atoms with van der Waals surface area (Å²) in [5.41, 5.74) is -0.0190. The molecule has 0 saturated carbocycles. The minimum absolute atomic E-state index is 0.0190. The monoisotopic (exact) mass is 477 g/mol. The van der Waals surface area contributed by atoms with E-state index in [-0.39, 0.29) is 11.7 Å². The Balaban J connectivity index is 1.80. The summed E-state index contributed by atoms with van der Waals surface area (Å²) in [6, 6.07) is 5.57. The zero-order valence-corrected chi connectivity index (χ0v) is 20.7. The molecule has 1 N–H and O–H groups in total. The Morgan fingerprint density at radius 3 is 1.35 bits per heavy atom. The molecule has 0 amide bonds. The molecule has 0 heterocycles. The fourth-order valence-electron chi connectivity index (χ4n) is 4.02. The number of non-ortho nitro benzene ring substituents is 1. The van der Waals surface area contributed by atoms with Crippen molar-refractivity contribution in [3.05, 3.63) is 34.4 Å². The van der Waals surface area contributed by atoms with Crippen molar-refractivity contribution in [2.45, 2.75) is 122 Å². The van der Waals surface area contributed by atoms with E-state index in [1.165, 1.54) is 101 Å². The Labute approximate surface area is 204 Å². The lowest BCUT2D eigenvalue weighted by Crippen LogP contribution is -2.07. The number of carbonyl (C=O) groups excluding carboxylic acids is 1. The number of nitro groups is 1. The number of benzene rings is 1. The summed E-state index contributed by atoms with van der Waals surface area (Å²) >= 11 is 0. The number of nitrogens with zero attached hydrogens (tertiary/aromatic N) is 1. The van der Waals surface area contributed by atoms with Gasteiger partial charge in [-0.15, -0.1) is 0 Å². The fraction of sp³-hybridized carbons (Fsp3) is 0.704. The van der Waals surface area contributed by atoms with Crippen LogP contribution in [-0.4, -0.2) is 22.0 Å². The van der Waals surface area contributed by atoms with E-state index in [1.807, 2.05) is 0 Å². The van der Waals surface area contributed by atoms with Gasteiger partial charge < -0.3 is 9.84 Å². The molecule has 0 spiro atoms. The predicted molar refractivity (Wildman–Crippen MR) is 134 cm³/mol. The van der Waals surface area contributed by atoms with Crippen LogP contribution in [0.5, 0.6) is 5.75 Å². The van der Waals surface area contributed by atoms with Crippen molar-refractivity contribution < 1.29 is 24.4 Å². The molecule has 1 aromatic rings. The third-order valence-electron chi connectivity index (χ3n) is 6.05. The maximum atomic E-state index is 11.8. The third kappa shape index (κ3) is 17.1. The molecule has 0 radical (unpaired) electrons. The smallest absolute Gasteiger partial charge is 0.311 e. The average molecular weight is 478 g/mol. The van der Waals surface area contributed by atoms with E-state index in [9.17, 15) is 19.7 Å². The quantitative estimate of drug-likeness (QED) is 0.0596. The van der Waals surface area contributed by atoms with Crippen molar-refractivity contribution >= 4 is 17.6 Å². The minimum atomic E-state index is -0.682. The number of aliphatic carboxylic acids is 1. The zero-order chi connectivity index (χ0) is 24.9. The number of carboxylic acid groups (broad SMARTS) is 1. The van der Waals surface area contributed by atoms with Crippen LogP contribution in [0, 0.1) is 10.1 Å². The maximum absolute atomic E-state index is 11.8. The molecule has 0 fully saturated rings. The van der Waals surface area contributed by atoms with Crippen LogP contribution in [0.1, 0.15) is 122 Å². The average Bonchev–Trinajstić information content (AvgIpc) is 2.80. The van der Waals surface area contributed by atoms with Crippen molar-refractivity contribution in [2.24, 2.45) is 0 Å². The lowest BCUT2D eigenvalue weighted by Gasteiger charge is -2.05. The van der Waals surface area contributed by atoms with Crippen molar-refractivity contribution in [1.82, 2.24) is 0 Å². The van der Waals surface area contributed by atoms with Gasteiger partial charge in [-0.05, 0) is 25.0 Å². The van der Waals surface area contributed by atoms with Crippen LogP contribution in [0.3, 0.4) is 0 Å². The number of ether oxygens (including phenoxy) is 1. The van der Waals surface area contributed by atoms with Gasteiger partial charge in [-0.2, -0.15) is 0 Å². The molecule has 0 unspecified atom stereocenters. The molecule has 0 aliphatic carbocycles. The normalized spacial score (nSPS) is 10.8. The first-order valence-electron chi connectivity index (χ1n) is 13.2. The molecule has 0 aliphatic heterocycles. The van der Waals surface area contributed by atoms with Crippen LogP contribution in [0.4, 0.5) is 5.69 Å². The van der Waals surface area contributed by atoms with Gasteiger partial charge >= 0.3 is 11.9 Å². The minimum Gasteiger partial charge on any atom is -0.481 e. The number of carbonyl (C=O) groups is 2. The summed E-state index contributed by atoms with van der Waals surface area (Å²) in [6.07, 6.45) is 20.9. The van der Waals surface area contributed by atoms with E-state index in [0.29, 0.717) is 18.6 Å². The Morgan fingerprint density at radius 1 is 0.647 bits per heavy atom. The molecule has 7 heteroatoms. The van der Waals surface area contributed by atoms with Gasteiger partial charge in [0.15, 0.2) is 0 Å². The Kier molecular flexibility index (Phi) is 17.4. The van der Waals surface area contributed by atoms with Crippen LogP contribution in [0.25, 0.3) is 0 Å². The molecule has 1 rings (SSSR count). The van der Waals surface area contributed by atoms with Crippen molar-refractivity contribution in [1.29, 1.82) is 0 Å². The molecule has 0 aliphatic rings. The van der Waals surface area contributed by atoms with Crippen molar-refractivity contribution in [3.8, 4) is 5.75 Å². The predicted octanol–water partition coefficient (Wildman–Crippen LogP) is 8.00. The fourth-order valence-corrected chi connectivity index (χ4v) is 4.02. The number of rotatable bonds is 22. The molecule has 0 atom stereocenters. The first-order valence-corrected chi connectivity index (χ1v) is 13.2. The first-order chi connectivity index (χ1) is 16.5. The lowest BCUT2D eigenvalue weighted by atomic mass is 10.0. The second-order valence-corrected chi connectivity index (χ2v) is 9.13. The van der Waals surface area contributed by atoms with Crippen LogP contribution in [-0.2, 0) is 9.59 Å². The number of hydrogen-bond donors (Lipinski definition) is 1. The number of hydrogen-bond acceptors (Lipinski definition) is 5. The number of esters is 1. The Morgan fingerprint density at radius 2 is 1.00 bits per heavy atom. The number of unbranched alkanes of at least 4 members (excludes halogenated alkanes) is 16. The zero-order valence-electron chi connectivity index (χ0n) is 20.7. The van der Waals surface area contributed by atoms with Gasteiger partial charge in [0.05, 0.1) is 4.92 Å². The van der Waals surface area contributed by atoms with E-state index in [0.717, 1.165) is 32.1 Å². The molecule has 7 nitrogen and oxygen atoms in total. The highest BCUT2D eigenvalue weighted by atomic mass is 16.6. The van der Waals surface area contributed by atoms with E-state index >= 15 is 0 Å². The van der Waals surface area contributed by atoms with Crippen molar-refractivity contribution in [3.63, 3.8) is 0 Å². The summed E-state index contributed by atoms with van der Waals surface area (Å²) in [7, 11) is 0. The van der Waals surface area contributed by atoms with Crippen LogP contribution < -0.4 is 4.74 Å². The van der Waals surface area contributed by atoms with Gasteiger partial charge in [-0.1, -0.05) is 96.3 Å². The van der Waals surface area contributed by atoms with E-state index in [4.69, 9.17) is 9.84 Å². The van der Waals surface area contributed by atoms with Gasteiger partial charge in [-0.3, -0.25) is 19.7 Å². The van der Waals surface area contributed by atoms with Gasteiger partial charge in [0, 0.05) is 25.0 Å². The summed E-state index contributed by atoms with van der Waals surface area (Å²) < 4.78 is 5.21. The summed E-state index contributed by atoms with van der Waals surface area (Å²) in [5.74, 6) is -0.621. The topological polar surface area (TPSA) is 107 Å². The largest absolute Gasteiger partial charge is 0.481 e. The van der Waals surface area contributed by atoms with Gasteiger partial charge in [0.1, 0.15) is 5.75 Å². The van der Waals surface area contributed by atoms with E-state index < -0.39 is 10.9 Å². The van der Waals surface area contributed by atoms with Gasteiger partial charge in [-0.25, -0.2) is 0 Å². The Bertz CT molecular complexity index is 689. The van der Waals surface area contributed by atoms with Gasteiger partial charge in [0.25, 0.3) is 5.69 Å². The second kappa shape index (κ2) is 20.0. The molecular formula is C27H43NO6. The van der Waals surface area contributed by atoms with Crippen LogP contribution in [0.2, 0.25) is 0 Å². The molecule has 0 aromatic heterocycles. The van der Waals surface area contributed by atoms with Crippen LogP contribution >= 0.6 is 0 Å². The summed E-state index contributed by atoms with van der Waals surface area (Å²) in [6.45, 7) is 0. The second-order valence-electron chi connectivity index (χ2n) is 9.13. The third-order valence-corrected chi connectivity index (χ3v) is 6.05. The highest BCUT2D eigenvalue weighted by molar-refractivity contribution is 5.72. The number of nitro benzene ring substituents is 1. The molecule has 0 bridgehead atoms. The van der Waals surface area contributed by atoms with Crippen molar-refractivity contribution in [2.75, 3.05) is 0 Å². The maximum Gasteiger partial charge on any atom is 0.311 e. The standard InChI is InChI=1S/C27H43NO6/c29-26(30)18-16-14-12-10-8-6-4-2-1-3-5-7-9-11-13-15-17-19-27(31)34-25-22-20-24(21-23-25)28(32)33/h20-23H,1-19H2,(H,29,30). The molecule has 1 aromatic carbocycles. The molecule has 0 saturated heterocycles. The van der Waals surface area contributed by atoms with E-state index in [1.54, 1.807) is 0 Å². The number of carboxylic acids is 1. The highest BCUT2D eigenvalue weighted by Crippen LogP contribution is 2.18. The SMILES string of the molecule is O=C(O)CCCCCCCCCCCCCCCCCCCC(=O)Oc1ccc([N+](=O)[O-])cc1. The first kappa shape index (κ1) is 29.6. The molecule has 192 valence electrons. The molecular weight excluding hydrogens is 434 g/mol. The van der Waals surface area contributed by atoms with Crippen LogP contribution in [0.15, 0.2) is 24.3 Å². The van der Waals surface area contributed by atoms with Gasteiger partial charge in [0.2, 0.25) is 0 Å². The summed E-state index contributed by atoms with van der Waals surface area (Å²) in [5, 5.41) is 19.2. The lowest BCUT2D eigenvalue weighted by molar-refractivity contribution is -0.384. The molecule has 34 heavy (non-hydrogen) atoms. The highest BCUT2D eigenvalue weighted by Gasteiger charge is 2.08. The summed E-state index contributed by atoms with van der Waals surface area (Å²) in [4.78, 5) is 32.4.